The van der Waals surface area contributed by atoms with Crippen molar-refractivity contribution in [1.29, 1.82) is 0 Å². The van der Waals surface area contributed by atoms with Crippen molar-refractivity contribution in [3.63, 3.8) is 0 Å². The summed E-state index contributed by atoms with van der Waals surface area (Å²) in [4.78, 5) is 2.61. The first kappa shape index (κ1) is 16.9. The molecule has 0 bridgehead atoms. The van der Waals surface area contributed by atoms with E-state index in [1.54, 1.807) is 0 Å². The lowest BCUT2D eigenvalue weighted by molar-refractivity contribution is 0.143. The topological polar surface area (TPSA) is 15.3 Å². The van der Waals surface area contributed by atoms with Gasteiger partial charge in [0, 0.05) is 19.6 Å². The zero-order chi connectivity index (χ0) is 13.3. The van der Waals surface area contributed by atoms with Crippen LogP contribution in [0.15, 0.2) is 0 Å². The third-order valence-electron chi connectivity index (χ3n) is 3.33. The molecule has 104 valence electrons. The Bertz CT molecular complexity index is 180. The van der Waals surface area contributed by atoms with Crippen LogP contribution in [0.2, 0.25) is 0 Å². The van der Waals surface area contributed by atoms with Gasteiger partial charge in [-0.3, -0.25) is 0 Å². The molecule has 0 aliphatic heterocycles. The van der Waals surface area contributed by atoms with Crippen LogP contribution in [0, 0.1) is 11.3 Å². The first-order valence-corrected chi connectivity index (χ1v) is 7.40. The summed E-state index contributed by atoms with van der Waals surface area (Å²) >= 11 is 0. The average Bonchev–Trinajstić information content (AvgIpc) is 2.25. The molecule has 0 rings (SSSR count). The van der Waals surface area contributed by atoms with Gasteiger partial charge in [-0.25, -0.2) is 0 Å². The molecule has 2 heteroatoms. The fraction of sp³-hybridized carbons (Fsp3) is 1.00. The normalized spacial score (nSPS) is 15.5. The molecule has 2 nitrogen and oxygen atoms in total. The molecule has 0 saturated carbocycles. The Labute approximate surface area is 109 Å². The summed E-state index contributed by atoms with van der Waals surface area (Å²) in [6.07, 6.45) is 2.59. The molecule has 1 atom stereocenters. The van der Waals surface area contributed by atoms with Crippen molar-refractivity contribution < 1.29 is 0 Å². The summed E-state index contributed by atoms with van der Waals surface area (Å²) in [7, 11) is 0. The van der Waals surface area contributed by atoms with Crippen LogP contribution in [0.1, 0.15) is 54.4 Å². The maximum Gasteiger partial charge on any atom is 0.00475 e. The highest BCUT2D eigenvalue weighted by Gasteiger charge is 2.25. The Morgan fingerprint density at radius 3 is 2.24 bits per heavy atom. The molecular formula is C15H34N2. The predicted molar refractivity (Wildman–Crippen MR) is 78.5 cm³/mol. The molecule has 0 aromatic rings. The van der Waals surface area contributed by atoms with E-state index in [0.29, 0.717) is 5.41 Å². The third kappa shape index (κ3) is 7.77. The predicted octanol–water partition coefficient (Wildman–Crippen LogP) is 3.38. The largest absolute Gasteiger partial charge is 0.316 e. The van der Waals surface area contributed by atoms with Crippen molar-refractivity contribution in [3.05, 3.63) is 0 Å². The van der Waals surface area contributed by atoms with Gasteiger partial charge in [0.05, 0.1) is 0 Å². The lowest BCUT2D eigenvalue weighted by atomic mass is 9.84. The molecule has 0 aromatic heterocycles. The number of nitrogens with one attached hydrogen (secondary N) is 1. The van der Waals surface area contributed by atoms with Gasteiger partial charge in [0.1, 0.15) is 0 Å². The Balaban J connectivity index is 4.36. The molecule has 0 aromatic carbocycles. The minimum atomic E-state index is 0.426. The van der Waals surface area contributed by atoms with Gasteiger partial charge in [0.25, 0.3) is 0 Å². The number of nitrogens with zero attached hydrogens (tertiary/aromatic N) is 1. The molecule has 0 aliphatic carbocycles. The molecular weight excluding hydrogens is 208 g/mol. The van der Waals surface area contributed by atoms with E-state index in [9.17, 15) is 0 Å². The standard InChI is InChI=1S/C15H34N2/c1-7-10-15(6,12-16-8-2)13-17(9-3)11-14(4)5/h14,16H,7-13H2,1-6H3. The van der Waals surface area contributed by atoms with Crippen molar-refractivity contribution >= 4 is 0 Å². The maximum absolute atomic E-state index is 3.53. The van der Waals surface area contributed by atoms with Crippen molar-refractivity contribution in [2.45, 2.75) is 54.4 Å². The van der Waals surface area contributed by atoms with Gasteiger partial charge in [-0.2, -0.15) is 0 Å². The van der Waals surface area contributed by atoms with E-state index in [1.807, 2.05) is 0 Å². The molecule has 0 radical (unpaired) electrons. The van der Waals surface area contributed by atoms with Gasteiger partial charge < -0.3 is 10.2 Å². The van der Waals surface area contributed by atoms with E-state index >= 15 is 0 Å². The zero-order valence-electron chi connectivity index (χ0n) is 13.0. The van der Waals surface area contributed by atoms with Gasteiger partial charge in [0.2, 0.25) is 0 Å². The minimum Gasteiger partial charge on any atom is -0.316 e. The highest BCUT2D eigenvalue weighted by molar-refractivity contribution is 4.80. The molecule has 1 N–H and O–H groups in total. The molecule has 1 unspecified atom stereocenters. The van der Waals surface area contributed by atoms with Crippen LogP contribution in [0.4, 0.5) is 0 Å². The van der Waals surface area contributed by atoms with E-state index in [0.717, 1.165) is 19.0 Å². The van der Waals surface area contributed by atoms with Gasteiger partial charge >= 0.3 is 0 Å². The summed E-state index contributed by atoms with van der Waals surface area (Å²) in [5, 5.41) is 3.53. The smallest absolute Gasteiger partial charge is 0.00475 e. The Kier molecular flexibility index (Phi) is 8.89. The lowest BCUT2D eigenvalue weighted by Gasteiger charge is -2.36. The van der Waals surface area contributed by atoms with Crippen molar-refractivity contribution in [2.24, 2.45) is 11.3 Å². The SMILES string of the molecule is CCCC(C)(CNCC)CN(CC)CC(C)C. The van der Waals surface area contributed by atoms with Crippen LogP contribution in [-0.4, -0.2) is 37.6 Å². The van der Waals surface area contributed by atoms with Crippen LogP contribution < -0.4 is 5.32 Å². The summed E-state index contributed by atoms with van der Waals surface area (Å²) < 4.78 is 0. The first-order valence-electron chi connectivity index (χ1n) is 7.40. The second kappa shape index (κ2) is 8.93. The lowest BCUT2D eigenvalue weighted by Crippen LogP contribution is -2.43. The second-order valence-corrected chi connectivity index (χ2v) is 6.06. The molecule has 0 fully saturated rings. The average molecular weight is 242 g/mol. The van der Waals surface area contributed by atoms with Crippen LogP contribution in [0.25, 0.3) is 0 Å². The Hall–Kier alpha value is -0.0800. The second-order valence-electron chi connectivity index (χ2n) is 6.06. The van der Waals surface area contributed by atoms with Gasteiger partial charge in [-0.05, 0) is 30.8 Å². The maximum atomic E-state index is 3.53. The molecule has 0 aliphatic rings. The summed E-state index contributed by atoms with van der Waals surface area (Å²) in [6.45, 7) is 19.7. The molecule has 0 saturated heterocycles. The van der Waals surface area contributed by atoms with Crippen molar-refractivity contribution in [3.8, 4) is 0 Å². The molecule has 0 heterocycles. The molecule has 0 spiro atoms. The monoisotopic (exact) mass is 242 g/mol. The number of rotatable bonds is 10. The fourth-order valence-corrected chi connectivity index (χ4v) is 2.62. The highest BCUT2D eigenvalue weighted by atomic mass is 15.1. The Morgan fingerprint density at radius 1 is 1.18 bits per heavy atom. The highest BCUT2D eigenvalue weighted by Crippen LogP contribution is 2.24. The van der Waals surface area contributed by atoms with Crippen LogP contribution >= 0.6 is 0 Å². The fourth-order valence-electron chi connectivity index (χ4n) is 2.62. The quantitative estimate of drug-likeness (QED) is 0.632. The van der Waals surface area contributed by atoms with Gasteiger partial charge in [-0.15, -0.1) is 0 Å². The zero-order valence-corrected chi connectivity index (χ0v) is 13.0. The summed E-state index contributed by atoms with van der Waals surface area (Å²) in [5.74, 6) is 0.764. The summed E-state index contributed by atoms with van der Waals surface area (Å²) in [5.41, 5.74) is 0.426. The van der Waals surface area contributed by atoms with E-state index < -0.39 is 0 Å². The van der Waals surface area contributed by atoms with Crippen LogP contribution in [0.3, 0.4) is 0 Å². The van der Waals surface area contributed by atoms with E-state index in [4.69, 9.17) is 0 Å². The first-order chi connectivity index (χ1) is 7.97. The van der Waals surface area contributed by atoms with Crippen LogP contribution in [-0.2, 0) is 0 Å². The summed E-state index contributed by atoms with van der Waals surface area (Å²) in [6, 6.07) is 0. The van der Waals surface area contributed by atoms with Crippen molar-refractivity contribution in [1.82, 2.24) is 10.2 Å². The number of hydrogen-bond acceptors (Lipinski definition) is 2. The van der Waals surface area contributed by atoms with Crippen molar-refractivity contribution in [2.75, 3.05) is 32.7 Å². The number of hydrogen-bond donors (Lipinski definition) is 1. The molecule has 0 amide bonds. The van der Waals surface area contributed by atoms with Gasteiger partial charge in [-0.1, -0.05) is 48.0 Å². The van der Waals surface area contributed by atoms with Gasteiger partial charge in [0.15, 0.2) is 0 Å². The van der Waals surface area contributed by atoms with E-state index in [1.165, 1.54) is 32.5 Å². The minimum absolute atomic E-state index is 0.426. The van der Waals surface area contributed by atoms with E-state index in [-0.39, 0.29) is 0 Å². The Morgan fingerprint density at radius 2 is 1.82 bits per heavy atom. The van der Waals surface area contributed by atoms with E-state index in [2.05, 4.69) is 51.8 Å². The third-order valence-corrected chi connectivity index (χ3v) is 3.33. The van der Waals surface area contributed by atoms with Crippen LogP contribution in [0.5, 0.6) is 0 Å². The molecule has 17 heavy (non-hydrogen) atoms.